The van der Waals surface area contributed by atoms with Crippen LogP contribution in [0, 0.1) is 0 Å². The zero-order chi connectivity index (χ0) is 12.0. The molecule has 0 spiro atoms. The van der Waals surface area contributed by atoms with Gasteiger partial charge in [-0.25, -0.2) is 8.42 Å². The molecule has 0 fully saturated rings. The second-order valence-electron chi connectivity index (χ2n) is 5.49. The summed E-state index contributed by atoms with van der Waals surface area (Å²) in [4.78, 5) is 0.548. The largest absolute Gasteiger partial charge is 0.224 e. The van der Waals surface area contributed by atoms with Crippen molar-refractivity contribution in [2.45, 2.75) is 43.9 Å². The Morgan fingerprint density at radius 3 is 2.50 bits per heavy atom. The molecule has 2 nitrogen and oxygen atoms in total. The summed E-state index contributed by atoms with van der Waals surface area (Å²) in [6, 6.07) is 5.79. The SMILES string of the molecule is CC(C)(C)c1ccc2c(c1)CCCS2(=O)=O. The van der Waals surface area contributed by atoms with E-state index in [1.54, 1.807) is 6.07 Å². The predicted octanol–water partition coefficient (Wildman–Crippen LogP) is 2.70. The van der Waals surface area contributed by atoms with E-state index in [0.717, 1.165) is 18.4 Å². The minimum absolute atomic E-state index is 0.0796. The highest BCUT2D eigenvalue weighted by Gasteiger charge is 2.25. The smallest absolute Gasteiger partial charge is 0.178 e. The van der Waals surface area contributed by atoms with Gasteiger partial charge in [0.2, 0.25) is 0 Å². The van der Waals surface area contributed by atoms with Crippen LogP contribution in [0.4, 0.5) is 0 Å². The van der Waals surface area contributed by atoms with E-state index >= 15 is 0 Å². The summed E-state index contributed by atoms with van der Waals surface area (Å²) < 4.78 is 23.7. The van der Waals surface area contributed by atoms with E-state index in [1.165, 1.54) is 5.56 Å². The predicted molar refractivity (Wildman–Crippen MR) is 65.5 cm³/mol. The lowest BCUT2D eigenvalue weighted by atomic mass is 9.86. The first-order chi connectivity index (χ1) is 7.31. The third-order valence-corrected chi connectivity index (χ3v) is 5.02. The summed E-state index contributed by atoms with van der Waals surface area (Å²) >= 11 is 0. The van der Waals surface area contributed by atoms with Crippen LogP contribution >= 0.6 is 0 Å². The molecule has 1 heterocycles. The lowest BCUT2D eigenvalue weighted by Gasteiger charge is -2.23. The zero-order valence-corrected chi connectivity index (χ0v) is 10.9. The second kappa shape index (κ2) is 3.59. The van der Waals surface area contributed by atoms with Gasteiger partial charge in [-0.2, -0.15) is 0 Å². The molecule has 16 heavy (non-hydrogen) atoms. The van der Waals surface area contributed by atoms with Gasteiger partial charge in [0.15, 0.2) is 9.84 Å². The molecule has 3 heteroatoms. The lowest BCUT2D eigenvalue weighted by Crippen LogP contribution is -2.18. The first-order valence-electron chi connectivity index (χ1n) is 5.67. The Kier molecular flexibility index (Phi) is 2.61. The van der Waals surface area contributed by atoms with Crippen molar-refractivity contribution in [3.05, 3.63) is 29.3 Å². The summed E-state index contributed by atoms with van der Waals surface area (Å²) in [5.41, 5.74) is 2.29. The van der Waals surface area contributed by atoms with Crippen molar-refractivity contribution in [3.8, 4) is 0 Å². The summed E-state index contributed by atoms with van der Waals surface area (Å²) in [6.07, 6.45) is 1.64. The molecule has 1 aromatic rings. The molecule has 1 aliphatic rings. The molecule has 0 saturated carbocycles. The Morgan fingerprint density at radius 2 is 1.88 bits per heavy atom. The first-order valence-corrected chi connectivity index (χ1v) is 7.32. The molecule has 0 bridgehead atoms. The van der Waals surface area contributed by atoms with E-state index in [9.17, 15) is 8.42 Å². The van der Waals surface area contributed by atoms with E-state index in [2.05, 4.69) is 26.8 Å². The Morgan fingerprint density at radius 1 is 1.19 bits per heavy atom. The number of rotatable bonds is 0. The van der Waals surface area contributed by atoms with Gasteiger partial charge in [0, 0.05) is 0 Å². The van der Waals surface area contributed by atoms with Crippen molar-refractivity contribution in [1.82, 2.24) is 0 Å². The molecular formula is C13H18O2S. The highest BCUT2D eigenvalue weighted by Crippen LogP contribution is 2.30. The van der Waals surface area contributed by atoms with Crippen LogP contribution in [0.5, 0.6) is 0 Å². The van der Waals surface area contributed by atoms with Crippen molar-refractivity contribution in [2.75, 3.05) is 5.75 Å². The van der Waals surface area contributed by atoms with Crippen molar-refractivity contribution < 1.29 is 8.42 Å². The van der Waals surface area contributed by atoms with Crippen molar-refractivity contribution in [3.63, 3.8) is 0 Å². The number of hydrogen-bond donors (Lipinski definition) is 0. The molecule has 0 saturated heterocycles. The highest BCUT2D eigenvalue weighted by atomic mass is 32.2. The van der Waals surface area contributed by atoms with Gasteiger partial charge in [-0.05, 0) is 35.4 Å². The molecule has 2 rings (SSSR count). The van der Waals surface area contributed by atoms with E-state index in [1.807, 2.05) is 6.07 Å². The lowest BCUT2D eigenvalue weighted by molar-refractivity contribution is 0.577. The molecule has 0 aromatic heterocycles. The maximum absolute atomic E-state index is 11.8. The number of fused-ring (bicyclic) bond motifs is 1. The number of benzene rings is 1. The molecule has 0 radical (unpaired) electrons. The zero-order valence-electron chi connectivity index (χ0n) is 10.1. The van der Waals surface area contributed by atoms with Crippen LogP contribution in [0.25, 0.3) is 0 Å². The minimum Gasteiger partial charge on any atom is -0.224 e. The number of aryl methyl sites for hydroxylation is 1. The maximum atomic E-state index is 11.8. The van der Waals surface area contributed by atoms with Gasteiger partial charge in [-0.15, -0.1) is 0 Å². The summed E-state index contributed by atoms with van der Waals surface area (Å²) in [5.74, 6) is 0.300. The molecule has 0 unspecified atom stereocenters. The van der Waals surface area contributed by atoms with Crippen LogP contribution in [0.1, 0.15) is 38.3 Å². The topological polar surface area (TPSA) is 34.1 Å². The van der Waals surface area contributed by atoms with Gasteiger partial charge in [-0.3, -0.25) is 0 Å². The molecule has 1 aliphatic heterocycles. The molecule has 1 aromatic carbocycles. The number of hydrogen-bond acceptors (Lipinski definition) is 2. The first kappa shape index (κ1) is 11.6. The normalized spacial score (nSPS) is 19.2. The summed E-state index contributed by atoms with van der Waals surface area (Å²) in [7, 11) is -3.00. The molecule has 88 valence electrons. The molecule has 0 atom stereocenters. The van der Waals surface area contributed by atoms with Crippen molar-refractivity contribution in [2.24, 2.45) is 0 Å². The third-order valence-electron chi connectivity index (χ3n) is 3.12. The van der Waals surface area contributed by atoms with Gasteiger partial charge >= 0.3 is 0 Å². The molecule has 0 aliphatic carbocycles. The van der Waals surface area contributed by atoms with Gasteiger partial charge < -0.3 is 0 Å². The maximum Gasteiger partial charge on any atom is 0.178 e. The van der Waals surface area contributed by atoms with Crippen LogP contribution in [0.2, 0.25) is 0 Å². The standard InChI is InChI=1S/C13H18O2S/c1-13(2,3)11-6-7-12-10(9-11)5-4-8-16(12,14)15/h6-7,9H,4-5,8H2,1-3H3. The monoisotopic (exact) mass is 238 g/mol. The fourth-order valence-corrected chi connectivity index (χ4v) is 3.69. The summed E-state index contributed by atoms with van der Waals surface area (Å²) in [5, 5.41) is 0. The number of sulfone groups is 1. The third kappa shape index (κ3) is 2.01. The molecular weight excluding hydrogens is 220 g/mol. The highest BCUT2D eigenvalue weighted by molar-refractivity contribution is 7.91. The van der Waals surface area contributed by atoms with Crippen molar-refractivity contribution in [1.29, 1.82) is 0 Å². The van der Waals surface area contributed by atoms with Crippen LogP contribution in [-0.2, 0) is 21.7 Å². The average molecular weight is 238 g/mol. The molecule has 0 N–H and O–H groups in total. The van der Waals surface area contributed by atoms with Crippen LogP contribution in [0.3, 0.4) is 0 Å². The Balaban J connectivity index is 2.57. The Bertz CT molecular complexity index is 507. The van der Waals surface area contributed by atoms with Crippen LogP contribution in [0.15, 0.2) is 23.1 Å². The van der Waals surface area contributed by atoms with Crippen LogP contribution < -0.4 is 0 Å². The van der Waals surface area contributed by atoms with Crippen molar-refractivity contribution >= 4 is 9.84 Å². The molecule has 0 amide bonds. The van der Waals surface area contributed by atoms with E-state index in [4.69, 9.17) is 0 Å². The van der Waals surface area contributed by atoms with E-state index < -0.39 is 9.84 Å². The Labute approximate surface area is 97.6 Å². The van der Waals surface area contributed by atoms with Gasteiger partial charge in [0.1, 0.15) is 0 Å². The van der Waals surface area contributed by atoms with Gasteiger partial charge in [-0.1, -0.05) is 32.9 Å². The Hall–Kier alpha value is -0.830. The fraction of sp³-hybridized carbons (Fsp3) is 0.538. The minimum atomic E-state index is -3.00. The second-order valence-corrected chi connectivity index (χ2v) is 7.57. The van der Waals surface area contributed by atoms with Crippen LogP contribution in [-0.4, -0.2) is 14.2 Å². The van der Waals surface area contributed by atoms with Gasteiger partial charge in [0.05, 0.1) is 10.6 Å². The van der Waals surface area contributed by atoms with E-state index in [0.29, 0.717) is 10.6 Å². The average Bonchev–Trinajstić information content (AvgIpc) is 2.15. The van der Waals surface area contributed by atoms with Gasteiger partial charge in [0.25, 0.3) is 0 Å². The summed E-state index contributed by atoms with van der Waals surface area (Å²) in [6.45, 7) is 6.43. The van der Waals surface area contributed by atoms with E-state index in [-0.39, 0.29) is 5.41 Å². The quantitative estimate of drug-likeness (QED) is 0.696. The fourth-order valence-electron chi connectivity index (χ4n) is 2.11.